The summed E-state index contributed by atoms with van der Waals surface area (Å²) in [6.07, 6.45) is -12.2. The lowest BCUT2D eigenvalue weighted by atomic mass is 10.1. The summed E-state index contributed by atoms with van der Waals surface area (Å²) in [5, 5.41) is 10.9. The van der Waals surface area contributed by atoms with Gasteiger partial charge in [0, 0.05) is 6.42 Å². The van der Waals surface area contributed by atoms with E-state index in [-0.39, 0.29) is 6.61 Å². The van der Waals surface area contributed by atoms with Crippen molar-refractivity contribution in [2.45, 2.75) is 37.8 Å². The fraction of sp³-hybridized carbons (Fsp3) is 0.636. The number of carbonyl (C=O) groups excluding carboxylic acids is 3. The number of alkyl halides is 6. The van der Waals surface area contributed by atoms with Crippen LogP contribution in [0.5, 0.6) is 0 Å². The van der Waals surface area contributed by atoms with E-state index in [2.05, 4.69) is 4.74 Å². The SMILES string of the molecule is CCOC(=O)C(CC(NC(=O)C(F)(F)F)C(=O)O)NC(=O)C(F)(F)F. The first-order chi connectivity index (χ1) is 11.2. The summed E-state index contributed by atoms with van der Waals surface area (Å²) in [4.78, 5) is 44.0. The lowest BCUT2D eigenvalue weighted by Gasteiger charge is -2.22. The van der Waals surface area contributed by atoms with Crippen LogP contribution >= 0.6 is 0 Å². The molecule has 2 atom stereocenters. The molecule has 0 rings (SSSR count). The Morgan fingerprint density at radius 3 is 1.64 bits per heavy atom. The third-order valence-corrected chi connectivity index (χ3v) is 2.47. The van der Waals surface area contributed by atoms with Gasteiger partial charge in [-0.25, -0.2) is 9.59 Å². The number of carbonyl (C=O) groups is 4. The fourth-order valence-corrected chi connectivity index (χ4v) is 1.39. The van der Waals surface area contributed by atoms with Crippen molar-refractivity contribution >= 4 is 23.8 Å². The quantitative estimate of drug-likeness (QED) is 0.425. The van der Waals surface area contributed by atoms with Crippen LogP contribution in [0.15, 0.2) is 0 Å². The number of carboxylic acid groups (broad SMARTS) is 1. The van der Waals surface area contributed by atoms with Gasteiger partial charge in [-0.05, 0) is 6.92 Å². The Balaban J connectivity index is 5.34. The van der Waals surface area contributed by atoms with E-state index < -0.39 is 54.6 Å². The van der Waals surface area contributed by atoms with Crippen LogP contribution in [0.2, 0.25) is 0 Å². The zero-order valence-corrected chi connectivity index (χ0v) is 12.3. The molecule has 0 radical (unpaired) electrons. The maximum absolute atomic E-state index is 12.2. The molecule has 25 heavy (non-hydrogen) atoms. The molecule has 8 nitrogen and oxygen atoms in total. The standard InChI is InChI=1S/C11H12F6N2O6/c1-2-25-7(22)5(19-9(24)11(15,16)17)3-4(6(20)21)18-8(23)10(12,13)14/h4-5H,2-3H2,1H3,(H,18,23)(H,19,24)(H,20,21). The maximum atomic E-state index is 12.2. The molecular weight excluding hydrogens is 370 g/mol. The number of aliphatic carboxylic acids is 1. The molecule has 2 amide bonds. The molecule has 0 aliphatic heterocycles. The van der Waals surface area contributed by atoms with Crippen LogP contribution in [0.4, 0.5) is 26.3 Å². The van der Waals surface area contributed by atoms with Crippen LogP contribution in [0.3, 0.4) is 0 Å². The Hall–Kier alpha value is -2.54. The van der Waals surface area contributed by atoms with Crippen LogP contribution in [-0.2, 0) is 23.9 Å². The largest absolute Gasteiger partial charge is 0.480 e. The highest BCUT2D eigenvalue weighted by Gasteiger charge is 2.44. The van der Waals surface area contributed by atoms with E-state index in [1.54, 1.807) is 0 Å². The zero-order valence-electron chi connectivity index (χ0n) is 12.3. The Morgan fingerprint density at radius 2 is 1.32 bits per heavy atom. The first kappa shape index (κ1) is 22.5. The van der Waals surface area contributed by atoms with Crippen molar-refractivity contribution in [1.82, 2.24) is 10.6 Å². The van der Waals surface area contributed by atoms with Crippen LogP contribution in [0, 0.1) is 0 Å². The van der Waals surface area contributed by atoms with Gasteiger partial charge in [-0.15, -0.1) is 0 Å². The molecule has 0 aliphatic carbocycles. The molecule has 144 valence electrons. The predicted molar refractivity (Wildman–Crippen MR) is 64.9 cm³/mol. The average Bonchev–Trinajstić information content (AvgIpc) is 2.43. The molecule has 14 heteroatoms. The first-order valence-corrected chi connectivity index (χ1v) is 6.35. The predicted octanol–water partition coefficient (Wildman–Crippen LogP) is 0.118. The molecule has 0 spiro atoms. The molecule has 0 saturated carbocycles. The minimum absolute atomic E-state index is 0.371. The van der Waals surface area contributed by atoms with Gasteiger partial charge in [-0.3, -0.25) is 9.59 Å². The number of ether oxygens (including phenoxy) is 1. The van der Waals surface area contributed by atoms with Gasteiger partial charge in [0.2, 0.25) is 0 Å². The zero-order chi connectivity index (χ0) is 20.0. The Bertz CT molecular complexity index is 532. The van der Waals surface area contributed by atoms with Gasteiger partial charge in [-0.1, -0.05) is 0 Å². The lowest BCUT2D eigenvalue weighted by Crippen LogP contribution is -2.54. The lowest BCUT2D eigenvalue weighted by molar-refractivity contribution is -0.177. The number of amides is 2. The minimum atomic E-state index is -5.47. The molecule has 0 aromatic carbocycles. The van der Waals surface area contributed by atoms with Gasteiger partial charge < -0.3 is 20.5 Å². The smallest absolute Gasteiger partial charge is 0.471 e. The monoisotopic (exact) mass is 382 g/mol. The molecule has 0 saturated heterocycles. The van der Waals surface area contributed by atoms with Gasteiger partial charge >= 0.3 is 36.1 Å². The second-order valence-corrected chi connectivity index (χ2v) is 4.37. The summed E-state index contributed by atoms with van der Waals surface area (Å²) in [6.45, 7) is 0.866. The summed E-state index contributed by atoms with van der Waals surface area (Å²) in [7, 11) is 0. The van der Waals surface area contributed by atoms with Crippen molar-refractivity contribution in [2.75, 3.05) is 6.61 Å². The normalized spacial score (nSPS) is 14.2. The summed E-state index contributed by atoms with van der Waals surface area (Å²) in [5.74, 6) is -8.93. The van der Waals surface area contributed by atoms with Crippen LogP contribution in [0.25, 0.3) is 0 Å². The molecule has 2 unspecified atom stereocenters. The third kappa shape index (κ3) is 7.71. The van der Waals surface area contributed by atoms with Gasteiger partial charge in [0.05, 0.1) is 6.61 Å². The number of esters is 1. The number of hydrogen-bond acceptors (Lipinski definition) is 5. The highest BCUT2D eigenvalue weighted by Crippen LogP contribution is 2.17. The topological polar surface area (TPSA) is 122 Å². The van der Waals surface area contributed by atoms with Crippen molar-refractivity contribution in [3.05, 3.63) is 0 Å². The third-order valence-electron chi connectivity index (χ3n) is 2.47. The van der Waals surface area contributed by atoms with Crippen molar-refractivity contribution in [1.29, 1.82) is 0 Å². The van der Waals surface area contributed by atoms with Gasteiger partial charge in [0.25, 0.3) is 0 Å². The van der Waals surface area contributed by atoms with Crippen molar-refractivity contribution < 1.29 is 55.4 Å². The highest BCUT2D eigenvalue weighted by molar-refractivity contribution is 5.90. The van der Waals surface area contributed by atoms with E-state index in [4.69, 9.17) is 5.11 Å². The van der Waals surface area contributed by atoms with Crippen LogP contribution < -0.4 is 10.6 Å². The van der Waals surface area contributed by atoms with Crippen LogP contribution in [-0.4, -0.2) is 59.9 Å². The molecule has 0 heterocycles. The van der Waals surface area contributed by atoms with Crippen molar-refractivity contribution in [3.8, 4) is 0 Å². The summed E-state index contributed by atoms with van der Waals surface area (Å²) in [5.41, 5.74) is 0. The summed E-state index contributed by atoms with van der Waals surface area (Å²) >= 11 is 0. The van der Waals surface area contributed by atoms with E-state index in [1.807, 2.05) is 0 Å². The molecule has 0 fully saturated rings. The molecular formula is C11H12F6N2O6. The molecule has 0 bridgehead atoms. The first-order valence-electron chi connectivity index (χ1n) is 6.35. The van der Waals surface area contributed by atoms with E-state index in [0.717, 1.165) is 10.6 Å². The summed E-state index contributed by atoms with van der Waals surface area (Å²) in [6, 6.07) is -4.68. The van der Waals surface area contributed by atoms with E-state index >= 15 is 0 Å². The number of hydrogen-bond donors (Lipinski definition) is 3. The van der Waals surface area contributed by atoms with Crippen molar-refractivity contribution in [3.63, 3.8) is 0 Å². The minimum Gasteiger partial charge on any atom is -0.480 e. The van der Waals surface area contributed by atoms with Gasteiger partial charge in [0.15, 0.2) is 0 Å². The van der Waals surface area contributed by atoms with Crippen LogP contribution in [0.1, 0.15) is 13.3 Å². The maximum Gasteiger partial charge on any atom is 0.471 e. The number of rotatable bonds is 7. The van der Waals surface area contributed by atoms with Crippen molar-refractivity contribution in [2.24, 2.45) is 0 Å². The number of carboxylic acids is 1. The second-order valence-electron chi connectivity index (χ2n) is 4.37. The Kier molecular flexibility index (Phi) is 7.66. The summed E-state index contributed by atoms with van der Waals surface area (Å²) < 4.78 is 77.4. The molecule has 0 aliphatic rings. The van der Waals surface area contributed by atoms with E-state index in [1.165, 1.54) is 6.92 Å². The second kappa shape index (κ2) is 8.53. The highest BCUT2D eigenvalue weighted by atomic mass is 19.4. The number of halogens is 6. The Labute approximate surface area is 135 Å². The van der Waals surface area contributed by atoms with E-state index in [0.29, 0.717) is 0 Å². The fourth-order valence-electron chi connectivity index (χ4n) is 1.39. The molecule has 3 N–H and O–H groups in total. The van der Waals surface area contributed by atoms with Gasteiger partial charge in [-0.2, -0.15) is 26.3 Å². The molecule has 0 aromatic rings. The van der Waals surface area contributed by atoms with Gasteiger partial charge in [0.1, 0.15) is 12.1 Å². The van der Waals surface area contributed by atoms with E-state index in [9.17, 15) is 45.5 Å². The molecule has 0 aromatic heterocycles. The average molecular weight is 382 g/mol. The number of nitrogens with one attached hydrogen (secondary N) is 2. The Morgan fingerprint density at radius 1 is 0.920 bits per heavy atom.